The van der Waals surface area contributed by atoms with Gasteiger partial charge in [0.05, 0.1) is 13.2 Å². The second kappa shape index (κ2) is 8.27. The Morgan fingerprint density at radius 2 is 1.96 bits per heavy atom. The van der Waals surface area contributed by atoms with Crippen molar-refractivity contribution < 1.29 is 24.6 Å². The summed E-state index contributed by atoms with van der Waals surface area (Å²) >= 11 is 0. The smallest absolute Gasteiger partial charge is 0.326 e. The van der Waals surface area contributed by atoms with Crippen molar-refractivity contribution in [3.8, 4) is 0 Å². The number of aliphatic hydroxyl groups is 1. The number of aromatic amines is 1. The van der Waals surface area contributed by atoms with Gasteiger partial charge < -0.3 is 31.6 Å². The topological polar surface area (TPSA) is 158 Å². The fraction of sp³-hybridized carbons (Fsp3) is 0.312. The van der Waals surface area contributed by atoms with Crippen LogP contribution in [-0.2, 0) is 20.8 Å². The van der Waals surface area contributed by atoms with Crippen LogP contribution in [0.4, 0.5) is 0 Å². The van der Waals surface area contributed by atoms with Crippen molar-refractivity contribution >= 4 is 28.7 Å². The molecule has 9 heteroatoms. The molecular weight excluding hydrogens is 328 g/mol. The van der Waals surface area contributed by atoms with Crippen LogP contribution in [0, 0.1) is 0 Å². The van der Waals surface area contributed by atoms with Crippen LogP contribution < -0.4 is 16.4 Å². The minimum atomic E-state index is -1.18. The van der Waals surface area contributed by atoms with E-state index in [1.165, 1.54) is 0 Å². The standard InChI is InChI=1S/C16H20N4O5/c17-11(8-21)15(23)19-7-14(22)20-13(16(24)25)5-9-6-18-12-4-2-1-3-10(9)12/h1-4,6,11,13,18,21H,5,7-8,17H2,(H,19,23)(H,20,22)(H,24,25). The average Bonchev–Trinajstić information content (AvgIpc) is 3.01. The Kier molecular flexibility index (Phi) is 6.09. The molecule has 0 aliphatic heterocycles. The minimum Gasteiger partial charge on any atom is -0.480 e. The number of amides is 2. The number of nitrogens with one attached hydrogen (secondary N) is 3. The molecule has 2 aromatic rings. The third-order valence-electron chi connectivity index (χ3n) is 3.69. The number of benzene rings is 1. The number of aromatic nitrogens is 1. The van der Waals surface area contributed by atoms with Gasteiger partial charge in [0.15, 0.2) is 0 Å². The van der Waals surface area contributed by atoms with E-state index < -0.39 is 43.0 Å². The molecule has 7 N–H and O–H groups in total. The molecule has 0 aliphatic rings. The van der Waals surface area contributed by atoms with Gasteiger partial charge in [-0.1, -0.05) is 18.2 Å². The third-order valence-corrected chi connectivity index (χ3v) is 3.69. The predicted molar refractivity (Wildman–Crippen MR) is 89.6 cm³/mol. The van der Waals surface area contributed by atoms with Gasteiger partial charge in [-0.05, 0) is 11.6 Å². The average molecular weight is 348 g/mol. The Morgan fingerprint density at radius 3 is 2.64 bits per heavy atom. The van der Waals surface area contributed by atoms with Crippen molar-refractivity contribution in [3.63, 3.8) is 0 Å². The first-order chi connectivity index (χ1) is 11.9. The minimum absolute atomic E-state index is 0.0924. The highest BCUT2D eigenvalue weighted by atomic mass is 16.4. The zero-order chi connectivity index (χ0) is 18.4. The lowest BCUT2D eigenvalue weighted by Gasteiger charge is -2.15. The van der Waals surface area contributed by atoms with Gasteiger partial charge >= 0.3 is 5.97 Å². The van der Waals surface area contributed by atoms with E-state index in [0.717, 1.165) is 16.5 Å². The predicted octanol–water partition coefficient (Wildman–Crippen LogP) is -1.28. The number of nitrogens with two attached hydrogens (primary N) is 1. The largest absolute Gasteiger partial charge is 0.480 e. The number of fused-ring (bicyclic) bond motifs is 1. The second-order valence-corrected chi connectivity index (χ2v) is 5.53. The molecule has 0 saturated heterocycles. The summed E-state index contributed by atoms with van der Waals surface area (Å²) in [4.78, 5) is 37.7. The molecule has 0 spiro atoms. The fourth-order valence-electron chi connectivity index (χ4n) is 2.35. The highest BCUT2D eigenvalue weighted by Gasteiger charge is 2.22. The highest BCUT2D eigenvalue weighted by molar-refractivity contribution is 5.90. The Bertz CT molecular complexity index is 773. The number of hydrogen-bond donors (Lipinski definition) is 6. The summed E-state index contributed by atoms with van der Waals surface area (Å²) in [6, 6.07) is 5.16. The quantitative estimate of drug-likeness (QED) is 0.348. The molecule has 134 valence electrons. The molecule has 0 aliphatic carbocycles. The van der Waals surface area contributed by atoms with E-state index in [2.05, 4.69) is 15.6 Å². The first kappa shape index (κ1) is 18.4. The highest BCUT2D eigenvalue weighted by Crippen LogP contribution is 2.19. The molecule has 0 fully saturated rings. The van der Waals surface area contributed by atoms with Gasteiger partial charge in [-0.3, -0.25) is 9.59 Å². The molecule has 2 unspecified atom stereocenters. The third kappa shape index (κ3) is 4.78. The number of aliphatic carboxylic acids is 1. The Morgan fingerprint density at radius 1 is 1.24 bits per heavy atom. The Hall–Kier alpha value is -2.91. The SMILES string of the molecule is NC(CO)C(=O)NCC(=O)NC(Cc1c[nH]c2ccccc12)C(=O)O. The number of carbonyl (C=O) groups is 3. The number of H-pyrrole nitrogens is 1. The molecule has 1 aromatic heterocycles. The number of aliphatic hydroxyl groups excluding tert-OH is 1. The van der Waals surface area contributed by atoms with E-state index in [1.54, 1.807) is 6.20 Å². The van der Waals surface area contributed by atoms with Gasteiger partial charge in [-0.15, -0.1) is 0 Å². The van der Waals surface area contributed by atoms with Crippen LogP contribution in [-0.4, -0.2) is 58.2 Å². The second-order valence-electron chi connectivity index (χ2n) is 5.53. The lowest BCUT2D eigenvalue weighted by Crippen LogP contribution is -2.49. The monoisotopic (exact) mass is 348 g/mol. The van der Waals surface area contributed by atoms with E-state index in [9.17, 15) is 19.5 Å². The maximum absolute atomic E-state index is 11.9. The molecule has 0 radical (unpaired) electrons. The molecule has 2 amide bonds. The van der Waals surface area contributed by atoms with Gasteiger partial charge in [-0.2, -0.15) is 0 Å². The summed E-state index contributed by atoms with van der Waals surface area (Å²) < 4.78 is 0. The first-order valence-corrected chi connectivity index (χ1v) is 7.63. The van der Waals surface area contributed by atoms with E-state index in [1.807, 2.05) is 24.3 Å². The number of para-hydroxylation sites is 1. The van der Waals surface area contributed by atoms with Crippen molar-refractivity contribution in [1.82, 2.24) is 15.6 Å². The van der Waals surface area contributed by atoms with Crippen molar-refractivity contribution in [1.29, 1.82) is 0 Å². The Labute approximate surface area is 143 Å². The van der Waals surface area contributed by atoms with Crippen LogP contribution in [0.1, 0.15) is 5.56 Å². The van der Waals surface area contributed by atoms with E-state index in [-0.39, 0.29) is 6.42 Å². The molecule has 0 bridgehead atoms. The summed E-state index contributed by atoms with van der Waals surface area (Å²) in [7, 11) is 0. The summed E-state index contributed by atoms with van der Waals surface area (Å²) in [5.41, 5.74) is 6.94. The van der Waals surface area contributed by atoms with Crippen molar-refractivity contribution in [3.05, 3.63) is 36.0 Å². The molecule has 9 nitrogen and oxygen atoms in total. The van der Waals surface area contributed by atoms with E-state index in [4.69, 9.17) is 10.8 Å². The van der Waals surface area contributed by atoms with Crippen LogP contribution in [0.3, 0.4) is 0 Å². The van der Waals surface area contributed by atoms with Crippen LogP contribution in [0.15, 0.2) is 30.5 Å². The summed E-state index contributed by atoms with van der Waals surface area (Å²) in [5.74, 6) is -2.54. The number of carboxylic acid groups (broad SMARTS) is 1. The van der Waals surface area contributed by atoms with Gasteiger partial charge in [0.25, 0.3) is 0 Å². The molecule has 2 atom stereocenters. The zero-order valence-electron chi connectivity index (χ0n) is 13.4. The van der Waals surface area contributed by atoms with Crippen molar-refractivity contribution in [2.75, 3.05) is 13.2 Å². The van der Waals surface area contributed by atoms with Crippen molar-refractivity contribution in [2.45, 2.75) is 18.5 Å². The number of carbonyl (C=O) groups excluding carboxylic acids is 2. The molecule has 25 heavy (non-hydrogen) atoms. The Balaban J connectivity index is 1.98. The fourth-order valence-corrected chi connectivity index (χ4v) is 2.35. The molecule has 1 heterocycles. The normalized spacial score (nSPS) is 13.2. The zero-order valence-corrected chi connectivity index (χ0v) is 13.4. The summed E-state index contributed by atoms with van der Waals surface area (Å²) in [6.07, 6.45) is 1.80. The molecular formula is C16H20N4O5. The van der Waals surface area contributed by atoms with Crippen molar-refractivity contribution in [2.24, 2.45) is 5.73 Å². The van der Waals surface area contributed by atoms with Crippen LogP contribution in [0.5, 0.6) is 0 Å². The first-order valence-electron chi connectivity index (χ1n) is 7.63. The van der Waals surface area contributed by atoms with Gasteiger partial charge in [0, 0.05) is 23.5 Å². The van der Waals surface area contributed by atoms with E-state index >= 15 is 0 Å². The lowest BCUT2D eigenvalue weighted by atomic mass is 10.0. The number of carboxylic acids is 1. The molecule has 1 aromatic carbocycles. The summed E-state index contributed by atoms with van der Waals surface area (Å²) in [5, 5.41) is 23.6. The van der Waals surface area contributed by atoms with Gasteiger partial charge in [0.2, 0.25) is 11.8 Å². The van der Waals surface area contributed by atoms with Gasteiger partial charge in [-0.25, -0.2) is 4.79 Å². The van der Waals surface area contributed by atoms with Crippen LogP contribution in [0.25, 0.3) is 10.9 Å². The molecule has 0 saturated carbocycles. The number of hydrogen-bond acceptors (Lipinski definition) is 5. The lowest BCUT2D eigenvalue weighted by molar-refractivity contribution is -0.141. The molecule has 2 rings (SSSR count). The number of rotatable bonds is 8. The maximum Gasteiger partial charge on any atom is 0.326 e. The van der Waals surface area contributed by atoms with E-state index in [0.29, 0.717) is 0 Å². The van der Waals surface area contributed by atoms with Crippen LogP contribution in [0.2, 0.25) is 0 Å². The summed E-state index contributed by atoms with van der Waals surface area (Å²) in [6.45, 7) is -0.976. The maximum atomic E-state index is 11.9. The van der Waals surface area contributed by atoms with Gasteiger partial charge in [0.1, 0.15) is 12.1 Å². The van der Waals surface area contributed by atoms with Crippen LogP contribution >= 0.6 is 0 Å².